The van der Waals surface area contributed by atoms with E-state index in [0.29, 0.717) is 47.4 Å². The van der Waals surface area contributed by atoms with Crippen LogP contribution in [0, 0.1) is 5.41 Å². The molecule has 3 N–H and O–H groups in total. The molecule has 2 amide bonds. The zero-order chi connectivity index (χ0) is 28.3. The van der Waals surface area contributed by atoms with Crippen LogP contribution in [0.25, 0.3) is 0 Å². The smallest absolute Gasteiger partial charge is 0.251 e. The molecule has 2 aromatic carbocycles. The van der Waals surface area contributed by atoms with E-state index < -0.39 is 5.41 Å². The molecule has 1 fully saturated rings. The molecule has 10 heteroatoms. The molecule has 1 aromatic heterocycles. The van der Waals surface area contributed by atoms with Gasteiger partial charge < -0.3 is 30.5 Å². The number of carbonyl (C=O) groups excluding carboxylic acids is 2. The maximum atomic E-state index is 13.5. The van der Waals surface area contributed by atoms with E-state index in [-0.39, 0.29) is 17.9 Å². The average Bonchev–Trinajstić information content (AvgIpc) is 3.07. The fourth-order valence-corrected chi connectivity index (χ4v) is 5.25. The summed E-state index contributed by atoms with van der Waals surface area (Å²) < 4.78 is 5.62. The zero-order valence-corrected chi connectivity index (χ0v) is 23.5. The van der Waals surface area contributed by atoms with Crippen molar-refractivity contribution >= 4 is 40.6 Å². The number of hydrogen-bond acceptors (Lipinski definition) is 8. The van der Waals surface area contributed by atoms with Crippen molar-refractivity contribution in [2.75, 3.05) is 48.9 Å². The van der Waals surface area contributed by atoms with E-state index in [4.69, 9.17) is 9.72 Å². The van der Waals surface area contributed by atoms with E-state index in [9.17, 15) is 9.59 Å². The van der Waals surface area contributed by atoms with E-state index >= 15 is 0 Å². The standard InChI is InChI=1S/C30H37N7O3/c1-5-30(2)19-37(22-11-7-6-8-12-22)26-24(36(3)28(30)39)18-32-29(35-26)34-23-14-13-20(16-25(23)40-4)27(38)33-21-10-9-15-31-17-21/h6-8,11-14,16,18,21,31H,5,9-10,15,17,19H2,1-4H3,(H,33,38)(H,32,34,35)/t21-,30-/m1/s1. The van der Waals surface area contributed by atoms with Crippen molar-refractivity contribution in [3.05, 3.63) is 60.3 Å². The number of para-hydroxylation sites is 1. The van der Waals surface area contributed by atoms with Gasteiger partial charge in [-0.2, -0.15) is 4.98 Å². The number of piperidine rings is 1. The predicted octanol–water partition coefficient (Wildman–Crippen LogP) is 4.24. The van der Waals surface area contributed by atoms with Gasteiger partial charge in [-0.1, -0.05) is 25.1 Å². The van der Waals surface area contributed by atoms with Gasteiger partial charge in [-0.05, 0) is 63.1 Å². The molecule has 0 aliphatic carbocycles. The van der Waals surface area contributed by atoms with Crippen LogP contribution < -0.4 is 30.5 Å². The summed E-state index contributed by atoms with van der Waals surface area (Å²) in [7, 11) is 3.34. The van der Waals surface area contributed by atoms with Gasteiger partial charge in [0.25, 0.3) is 5.91 Å². The van der Waals surface area contributed by atoms with Gasteiger partial charge in [0.2, 0.25) is 11.9 Å². The van der Waals surface area contributed by atoms with Crippen LogP contribution in [0.1, 0.15) is 43.5 Å². The number of ether oxygens (including phenoxy) is 1. The van der Waals surface area contributed by atoms with Gasteiger partial charge in [-0.3, -0.25) is 9.59 Å². The Morgan fingerprint density at radius 2 is 2.02 bits per heavy atom. The zero-order valence-electron chi connectivity index (χ0n) is 23.5. The number of methoxy groups -OCH3 is 1. The van der Waals surface area contributed by atoms with Crippen LogP contribution in [0.4, 0.5) is 28.8 Å². The molecule has 40 heavy (non-hydrogen) atoms. The topological polar surface area (TPSA) is 112 Å². The molecule has 10 nitrogen and oxygen atoms in total. The lowest BCUT2D eigenvalue weighted by Crippen LogP contribution is -2.45. The molecule has 3 aromatic rings. The minimum absolute atomic E-state index is 0.0264. The number of fused-ring (bicyclic) bond motifs is 1. The molecule has 0 unspecified atom stereocenters. The lowest BCUT2D eigenvalue weighted by Gasteiger charge is -2.32. The number of amides is 2. The van der Waals surface area contributed by atoms with Crippen LogP contribution in [-0.4, -0.2) is 61.6 Å². The van der Waals surface area contributed by atoms with Crippen molar-refractivity contribution < 1.29 is 14.3 Å². The van der Waals surface area contributed by atoms with Gasteiger partial charge >= 0.3 is 0 Å². The van der Waals surface area contributed by atoms with Crippen molar-refractivity contribution in [3.63, 3.8) is 0 Å². The van der Waals surface area contributed by atoms with Crippen molar-refractivity contribution in [2.24, 2.45) is 5.41 Å². The summed E-state index contributed by atoms with van der Waals surface area (Å²) in [5, 5.41) is 9.66. The summed E-state index contributed by atoms with van der Waals surface area (Å²) in [5.74, 6) is 1.37. The number of nitrogens with one attached hydrogen (secondary N) is 3. The quantitative estimate of drug-likeness (QED) is 0.406. The lowest BCUT2D eigenvalue weighted by atomic mass is 9.85. The summed E-state index contributed by atoms with van der Waals surface area (Å²) >= 11 is 0. The summed E-state index contributed by atoms with van der Waals surface area (Å²) in [6.07, 6.45) is 4.36. The van der Waals surface area contributed by atoms with E-state index in [1.807, 2.05) is 44.2 Å². The molecular weight excluding hydrogens is 506 g/mol. The number of benzene rings is 2. The maximum Gasteiger partial charge on any atom is 0.251 e. The Bertz CT molecular complexity index is 1380. The third-order valence-electron chi connectivity index (χ3n) is 7.89. The second-order valence-electron chi connectivity index (χ2n) is 10.7. The van der Waals surface area contributed by atoms with Gasteiger partial charge in [0.05, 0.1) is 24.4 Å². The number of anilines is 5. The summed E-state index contributed by atoms with van der Waals surface area (Å²) in [6, 6.07) is 15.3. The summed E-state index contributed by atoms with van der Waals surface area (Å²) in [6.45, 7) is 6.26. The van der Waals surface area contributed by atoms with E-state index in [0.717, 1.165) is 31.6 Å². The van der Waals surface area contributed by atoms with E-state index in [1.54, 1.807) is 43.5 Å². The molecule has 0 saturated carbocycles. The third-order valence-corrected chi connectivity index (χ3v) is 7.89. The molecule has 0 bridgehead atoms. The minimum Gasteiger partial charge on any atom is -0.495 e. The van der Waals surface area contributed by atoms with Gasteiger partial charge in [-0.15, -0.1) is 0 Å². The molecule has 0 radical (unpaired) electrons. The van der Waals surface area contributed by atoms with E-state index in [1.165, 1.54) is 0 Å². The summed E-state index contributed by atoms with van der Waals surface area (Å²) in [4.78, 5) is 39.5. The second-order valence-corrected chi connectivity index (χ2v) is 10.7. The first-order valence-corrected chi connectivity index (χ1v) is 13.8. The van der Waals surface area contributed by atoms with Gasteiger partial charge in [0.1, 0.15) is 11.4 Å². The van der Waals surface area contributed by atoms with Gasteiger partial charge in [0, 0.05) is 37.4 Å². The van der Waals surface area contributed by atoms with Gasteiger partial charge in [-0.25, -0.2) is 4.98 Å². The van der Waals surface area contributed by atoms with Crippen LogP contribution in [0.2, 0.25) is 0 Å². The van der Waals surface area contributed by atoms with Crippen LogP contribution in [0.5, 0.6) is 5.75 Å². The third kappa shape index (κ3) is 5.44. The second kappa shape index (κ2) is 11.5. The van der Waals surface area contributed by atoms with Crippen LogP contribution in [0.3, 0.4) is 0 Å². The largest absolute Gasteiger partial charge is 0.495 e. The van der Waals surface area contributed by atoms with Crippen LogP contribution in [-0.2, 0) is 4.79 Å². The number of carbonyl (C=O) groups is 2. The van der Waals surface area contributed by atoms with Crippen LogP contribution >= 0.6 is 0 Å². The number of aromatic nitrogens is 2. The Hall–Kier alpha value is -4.18. The highest BCUT2D eigenvalue weighted by atomic mass is 16.5. The average molecular weight is 544 g/mol. The number of hydrogen-bond donors (Lipinski definition) is 3. The Balaban J connectivity index is 1.45. The Morgan fingerprint density at radius 1 is 1.23 bits per heavy atom. The molecule has 5 rings (SSSR count). The highest BCUT2D eigenvalue weighted by Crippen LogP contribution is 2.42. The van der Waals surface area contributed by atoms with E-state index in [2.05, 4.69) is 25.8 Å². The fraction of sp³-hybridized carbons (Fsp3) is 0.400. The molecule has 0 spiro atoms. The summed E-state index contributed by atoms with van der Waals surface area (Å²) in [5.41, 5.74) is 2.11. The van der Waals surface area contributed by atoms with Crippen molar-refractivity contribution in [1.82, 2.24) is 20.6 Å². The molecule has 3 heterocycles. The first-order valence-electron chi connectivity index (χ1n) is 13.8. The maximum absolute atomic E-state index is 13.5. The molecular formula is C30H37N7O3. The van der Waals surface area contributed by atoms with Crippen molar-refractivity contribution in [1.29, 1.82) is 0 Å². The Kier molecular flexibility index (Phi) is 7.88. The first-order chi connectivity index (χ1) is 19.3. The predicted molar refractivity (Wildman–Crippen MR) is 157 cm³/mol. The van der Waals surface area contributed by atoms with Crippen molar-refractivity contribution in [2.45, 2.75) is 39.2 Å². The Morgan fingerprint density at radius 3 is 2.73 bits per heavy atom. The fourth-order valence-electron chi connectivity index (χ4n) is 5.25. The van der Waals surface area contributed by atoms with Gasteiger partial charge in [0.15, 0.2) is 5.82 Å². The van der Waals surface area contributed by atoms with Crippen LogP contribution in [0.15, 0.2) is 54.7 Å². The highest BCUT2D eigenvalue weighted by molar-refractivity contribution is 6.02. The lowest BCUT2D eigenvalue weighted by molar-refractivity contribution is -0.126. The Labute approximate surface area is 235 Å². The minimum atomic E-state index is -0.605. The first kappa shape index (κ1) is 27.4. The number of nitrogens with zero attached hydrogens (tertiary/aromatic N) is 4. The SMILES string of the molecule is CC[C@]1(C)CN(c2ccccc2)c2nc(Nc3ccc(C(=O)N[C@@H]4CCCNC4)cc3OC)ncc2N(C)C1=O. The molecule has 2 aliphatic rings. The normalized spacial score (nSPS) is 20.9. The monoisotopic (exact) mass is 543 g/mol. The van der Waals surface area contributed by atoms with Crippen molar-refractivity contribution in [3.8, 4) is 5.75 Å². The number of rotatable bonds is 7. The molecule has 2 aliphatic heterocycles. The molecule has 210 valence electrons. The molecule has 1 saturated heterocycles. The molecule has 2 atom stereocenters. The highest BCUT2D eigenvalue weighted by Gasteiger charge is 2.41.